The van der Waals surface area contributed by atoms with Gasteiger partial charge in [0.15, 0.2) is 0 Å². The van der Waals surface area contributed by atoms with Crippen LogP contribution in [-0.2, 0) is 0 Å². The number of pyridine rings is 1. The second kappa shape index (κ2) is 4.94. The Bertz CT molecular complexity index is 346. The first kappa shape index (κ1) is 10.9. The molecule has 1 aliphatic heterocycles. The fraction of sp³-hybridized carbons (Fsp3) is 0.455. The third kappa shape index (κ3) is 2.70. The standard InChI is InChI=1S/C11H16N4O/c1-14-6-8-15(9-7-14)11(16)13-10-2-4-12-5-3-10/h2-5H,6-9H2,1H3,(H,12,13,16). The second-order valence-electron chi connectivity index (χ2n) is 3.96. The van der Waals surface area contributed by atoms with Gasteiger partial charge in [-0.2, -0.15) is 0 Å². The van der Waals surface area contributed by atoms with E-state index >= 15 is 0 Å². The van der Waals surface area contributed by atoms with Crippen molar-refractivity contribution in [2.24, 2.45) is 0 Å². The third-order valence-corrected chi connectivity index (χ3v) is 2.72. The van der Waals surface area contributed by atoms with Crippen LogP contribution in [0.25, 0.3) is 0 Å². The molecule has 5 heteroatoms. The molecule has 2 heterocycles. The molecule has 1 aromatic rings. The van der Waals surface area contributed by atoms with Crippen LogP contribution in [0.5, 0.6) is 0 Å². The maximum atomic E-state index is 11.9. The molecule has 0 saturated carbocycles. The Morgan fingerprint density at radius 2 is 1.88 bits per heavy atom. The van der Waals surface area contributed by atoms with E-state index in [-0.39, 0.29) is 6.03 Å². The molecule has 0 unspecified atom stereocenters. The molecule has 0 atom stereocenters. The molecule has 1 aromatic heterocycles. The number of nitrogens with one attached hydrogen (secondary N) is 1. The van der Waals surface area contributed by atoms with Crippen molar-refractivity contribution >= 4 is 11.7 Å². The predicted molar refractivity (Wildman–Crippen MR) is 62.3 cm³/mol. The highest BCUT2D eigenvalue weighted by molar-refractivity contribution is 5.89. The van der Waals surface area contributed by atoms with Crippen LogP contribution in [0.2, 0.25) is 0 Å². The van der Waals surface area contributed by atoms with Crippen molar-refractivity contribution < 1.29 is 4.79 Å². The van der Waals surface area contributed by atoms with Gasteiger partial charge in [0.25, 0.3) is 0 Å². The summed E-state index contributed by atoms with van der Waals surface area (Å²) < 4.78 is 0. The Balaban J connectivity index is 1.89. The number of urea groups is 1. The minimum Gasteiger partial charge on any atom is -0.322 e. The van der Waals surface area contributed by atoms with Gasteiger partial charge in [0.1, 0.15) is 0 Å². The summed E-state index contributed by atoms with van der Waals surface area (Å²) in [6.45, 7) is 3.44. The van der Waals surface area contributed by atoms with Crippen LogP contribution in [0.4, 0.5) is 10.5 Å². The molecule has 1 saturated heterocycles. The summed E-state index contributed by atoms with van der Waals surface area (Å²) in [6, 6.07) is 3.54. The molecule has 16 heavy (non-hydrogen) atoms. The molecule has 0 aliphatic carbocycles. The van der Waals surface area contributed by atoms with Gasteiger partial charge in [-0.1, -0.05) is 0 Å². The highest BCUT2D eigenvalue weighted by Crippen LogP contribution is 2.06. The van der Waals surface area contributed by atoms with E-state index in [1.807, 2.05) is 4.90 Å². The Kier molecular flexibility index (Phi) is 3.36. The lowest BCUT2D eigenvalue weighted by Gasteiger charge is -2.32. The van der Waals surface area contributed by atoms with Gasteiger partial charge in [-0.3, -0.25) is 4.98 Å². The van der Waals surface area contributed by atoms with E-state index in [1.165, 1.54) is 0 Å². The number of hydrogen-bond donors (Lipinski definition) is 1. The maximum Gasteiger partial charge on any atom is 0.321 e. The van der Waals surface area contributed by atoms with E-state index < -0.39 is 0 Å². The first-order chi connectivity index (χ1) is 7.75. The zero-order valence-electron chi connectivity index (χ0n) is 9.39. The zero-order chi connectivity index (χ0) is 11.4. The fourth-order valence-electron chi connectivity index (χ4n) is 1.65. The Morgan fingerprint density at radius 1 is 1.25 bits per heavy atom. The predicted octanol–water partition coefficient (Wildman–Crippen LogP) is 0.861. The van der Waals surface area contributed by atoms with Gasteiger partial charge in [-0.15, -0.1) is 0 Å². The molecule has 2 amide bonds. The number of piperazine rings is 1. The number of carbonyl (C=O) groups is 1. The minimum absolute atomic E-state index is 0.0284. The summed E-state index contributed by atoms with van der Waals surface area (Å²) >= 11 is 0. The van der Waals surface area contributed by atoms with Crippen molar-refractivity contribution in [1.29, 1.82) is 0 Å². The number of rotatable bonds is 1. The molecule has 2 rings (SSSR count). The molecular weight excluding hydrogens is 204 g/mol. The topological polar surface area (TPSA) is 48.5 Å². The van der Waals surface area contributed by atoms with Crippen molar-refractivity contribution in [3.8, 4) is 0 Å². The van der Waals surface area contributed by atoms with E-state index in [4.69, 9.17) is 0 Å². The summed E-state index contributed by atoms with van der Waals surface area (Å²) in [4.78, 5) is 19.8. The second-order valence-corrected chi connectivity index (χ2v) is 3.96. The summed E-state index contributed by atoms with van der Waals surface area (Å²) in [5, 5.41) is 2.85. The zero-order valence-corrected chi connectivity index (χ0v) is 9.39. The van der Waals surface area contributed by atoms with Crippen LogP contribution in [0.1, 0.15) is 0 Å². The molecule has 0 bridgehead atoms. The molecule has 0 aromatic carbocycles. The lowest BCUT2D eigenvalue weighted by Crippen LogP contribution is -2.48. The highest BCUT2D eigenvalue weighted by Gasteiger charge is 2.18. The molecule has 1 N–H and O–H groups in total. The van der Waals surface area contributed by atoms with Gasteiger partial charge >= 0.3 is 6.03 Å². The smallest absolute Gasteiger partial charge is 0.321 e. The number of amides is 2. The Morgan fingerprint density at radius 3 is 2.50 bits per heavy atom. The molecule has 5 nitrogen and oxygen atoms in total. The van der Waals surface area contributed by atoms with Crippen LogP contribution in [-0.4, -0.2) is 54.0 Å². The summed E-state index contributed by atoms with van der Waals surface area (Å²) in [6.07, 6.45) is 3.33. The molecule has 0 spiro atoms. The summed E-state index contributed by atoms with van der Waals surface area (Å²) in [7, 11) is 2.07. The lowest BCUT2D eigenvalue weighted by atomic mass is 10.3. The monoisotopic (exact) mass is 220 g/mol. The van der Waals surface area contributed by atoms with Gasteiger partial charge in [0.05, 0.1) is 0 Å². The van der Waals surface area contributed by atoms with Gasteiger partial charge in [-0.25, -0.2) is 4.79 Å². The van der Waals surface area contributed by atoms with Crippen molar-refractivity contribution in [3.63, 3.8) is 0 Å². The van der Waals surface area contributed by atoms with E-state index in [0.29, 0.717) is 0 Å². The molecule has 1 aliphatic rings. The van der Waals surface area contributed by atoms with Crippen molar-refractivity contribution in [2.75, 3.05) is 38.5 Å². The number of hydrogen-bond acceptors (Lipinski definition) is 3. The largest absolute Gasteiger partial charge is 0.322 e. The van der Waals surface area contributed by atoms with Crippen molar-refractivity contribution in [1.82, 2.24) is 14.8 Å². The van der Waals surface area contributed by atoms with Gasteiger partial charge in [-0.05, 0) is 19.2 Å². The van der Waals surface area contributed by atoms with E-state index in [2.05, 4.69) is 22.2 Å². The van der Waals surface area contributed by atoms with Crippen LogP contribution in [0, 0.1) is 0 Å². The maximum absolute atomic E-state index is 11.9. The number of carbonyl (C=O) groups excluding carboxylic acids is 1. The quantitative estimate of drug-likeness (QED) is 0.763. The number of anilines is 1. The van der Waals surface area contributed by atoms with Crippen LogP contribution in [0.3, 0.4) is 0 Å². The molecule has 1 fully saturated rings. The average Bonchev–Trinajstić information content (AvgIpc) is 2.31. The summed E-state index contributed by atoms with van der Waals surface area (Å²) in [5.74, 6) is 0. The molecule has 86 valence electrons. The fourth-order valence-corrected chi connectivity index (χ4v) is 1.65. The van der Waals surface area contributed by atoms with Gasteiger partial charge < -0.3 is 15.1 Å². The van der Waals surface area contributed by atoms with E-state index in [0.717, 1.165) is 31.9 Å². The minimum atomic E-state index is -0.0284. The Hall–Kier alpha value is -1.62. The first-order valence-electron chi connectivity index (χ1n) is 5.40. The average molecular weight is 220 g/mol. The SMILES string of the molecule is CN1CCN(C(=O)Nc2ccncc2)CC1. The van der Waals surface area contributed by atoms with Gasteiger partial charge in [0.2, 0.25) is 0 Å². The van der Waals surface area contributed by atoms with Crippen molar-refractivity contribution in [3.05, 3.63) is 24.5 Å². The van der Waals surface area contributed by atoms with Crippen molar-refractivity contribution in [2.45, 2.75) is 0 Å². The van der Waals surface area contributed by atoms with Crippen LogP contribution >= 0.6 is 0 Å². The normalized spacial score (nSPS) is 17.2. The lowest BCUT2D eigenvalue weighted by molar-refractivity contribution is 0.164. The van der Waals surface area contributed by atoms with Crippen LogP contribution in [0.15, 0.2) is 24.5 Å². The molecular formula is C11H16N4O. The van der Waals surface area contributed by atoms with E-state index in [9.17, 15) is 4.79 Å². The highest BCUT2D eigenvalue weighted by atomic mass is 16.2. The molecule has 0 radical (unpaired) electrons. The Labute approximate surface area is 95.1 Å². The number of likely N-dealkylation sites (N-methyl/N-ethyl adjacent to an activating group) is 1. The van der Waals surface area contributed by atoms with Crippen LogP contribution < -0.4 is 5.32 Å². The number of nitrogens with zero attached hydrogens (tertiary/aromatic N) is 3. The first-order valence-corrected chi connectivity index (χ1v) is 5.40. The van der Waals surface area contributed by atoms with E-state index in [1.54, 1.807) is 24.5 Å². The summed E-state index contributed by atoms with van der Waals surface area (Å²) in [5.41, 5.74) is 0.791. The van der Waals surface area contributed by atoms with Gasteiger partial charge in [0, 0.05) is 44.3 Å². The number of aromatic nitrogens is 1. The third-order valence-electron chi connectivity index (χ3n) is 2.72.